The van der Waals surface area contributed by atoms with Crippen LogP contribution in [0.5, 0.6) is 0 Å². The first-order chi connectivity index (χ1) is 7.65. The van der Waals surface area contributed by atoms with Gasteiger partial charge in [-0.2, -0.15) is 0 Å². The summed E-state index contributed by atoms with van der Waals surface area (Å²) in [6.07, 6.45) is -3.22. The molecule has 4 nitrogen and oxygen atoms in total. The van der Waals surface area contributed by atoms with E-state index in [-0.39, 0.29) is 0 Å². The van der Waals surface area contributed by atoms with E-state index in [9.17, 15) is 13.6 Å². The van der Waals surface area contributed by atoms with E-state index in [2.05, 4.69) is 0 Å². The maximum absolute atomic E-state index is 13.9. The SMILES string of the molecule is CC(=O)O[C@H]1[C@@H]2OC(C)(C)O[C@@H]2[C@H](C)C1(F)F. The van der Waals surface area contributed by atoms with Gasteiger partial charge in [0, 0.05) is 6.92 Å². The van der Waals surface area contributed by atoms with Crippen molar-refractivity contribution < 1.29 is 27.8 Å². The third kappa shape index (κ3) is 1.93. The Morgan fingerprint density at radius 1 is 1.24 bits per heavy atom. The summed E-state index contributed by atoms with van der Waals surface area (Å²) in [6, 6.07) is 0. The topological polar surface area (TPSA) is 44.8 Å². The maximum Gasteiger partial charge on any atom is 0.303 e. The molecule has 2 rings (SSSR count). The number of carbonyl (C=O) groups excluding carboxylic acids is 1. The molecule has 0 amide bonds. The zero-order valence-electron chi connectivity index (χ0n) is 10.2. The van der Waals surface area contributed by atoms with Crippen molar-refractivity contribution in [3.8, 4) is 0 Å². The Hall–Kier alpha value is -0.750. The van der Waals surface area contributed by atoms with Gasteiger partial charge in [-0.15, -0.1) is 0 Å². The maximum atomic E-state index is 13.9. The molecule has 0 bridgehead atoms. The van der Waals surface area contributed by atoms with Gasteiger partial charge in [0.25, 0.3) is 5.92 Å². The van der Waals surface area contributed by atoms with Crippen LogP contribution in [0, 0.1) is 5.92 Å². The number of halogens is 2. The van der Waals surface area contributed by atoms with Crippen LogP contribution in [-0.4, -0.2) is 36.0 Å². The number of esters is 1. The number of ether oxygens (including phenoxy) is 3. The Labute approximate surface area is 98.2 Å². The molecule has 98 valence electrons. The van der Waals surface area contributed by atoms with E-state index in [1.54, 1.807) is 13.8 Å². The van der Waals surface area contributed by atoms with Crippen molar-refractivity contribution in [2.75, 3.05) is 0 Å². The van der Waals surface area contributed by atoms with E-state index in [1.165, 1.54) is 6.92 Å². The fraction of sp³-hybridized carbons (Fsp3) is 0.909. The van der Waals surface area contributed by atoms with Crippen LogP contribution in [0.25, 0.3) is 0 Å². The average molecular weight is 250 g/mol. The Bertz CT molecular complexity index is 342. The normalized spacial score (nSPS) is 42.2. The second kappa shape index (κ2) is 3.62. The standard InChI is InChI=1S/C11H16F2O4/c1-5-7-8(17-10(3,4)16-7)9(11(5,12)13)15-6(2)14/h5,7-9H,1-4H3/t5-,7+,8+,9-/m0/s1. The molecule has 1 saturated carbocycles. The van der Waals surface area contributed by atoms with Crippen molar-refractivity contribution in [2.24, 2.45) is 5.92 Å². The predicted molar refractivity (Wildman–Crippen MR) is 53.5 cm³/mol. The second-order valence-corrected chi connectivity index (χ2v) is 5.06. The summed E-state index contributed by atoms with van der Waals surface area (Å²) < 4.78 is 43.4. The zero-order valence-corrected chi connectivity index (χ0v) is 10.2. The average Bonchev–Trinajstić information content (AvgIpc) is 2.54. The molecule has 1 aliphatic heterocycles. The minimum atomic E-state index is -3.13. The highest BCUT2D eigenvalue weighted by atomic mass is 19.3. The number of alkyl halides is 2. The van der Waals surface area contributed by atoms with Crippen molar-refractivity contribution >= 4 is 5.97 Å². The van der Waals surface area contributed by atoms with Gasteiger partial charge in [-0.25, -0.2) is 8.78 Å². The molecule has 6 heteroatoms. The van der Waals surface area contributed by atoms with Gasteiger partial charge in [0.15, 0.2) is 11.9 Å². The Morgan fingerprint density at radius 3 is 2.29 bits per heavy atom. The van der Waals surface area contributed by atoms with Crippen molar-refractivity contribution in [3.63, 3.8) is 0 Å². The van der Waals surface area contributed by atoms with Gasteiger partial charge >= 0.3 is 5.97 Å². The van der Waals surface area contributed by atoms with E-state index >= 15 is 0 Å². The monoisotopic (exact) mass is 250 g/mol. The van der Waals surface area contributed by atoms with E-state index < -0.39 is 41.9 Å². The molecule has 17 heavy (non-hydrogen) atoms. The third-order valence-electron chi connectivity index (χ3n) is 3.23. The summed E-state index contributed by atoms with van der Waals surface area (Å²) in [6.45, 7) is 5.79. The van der Waals surface area contributed by atoms with Crippen LogP contribution in [0.15, 0.2) is 0 Å². The van der Waals surface area contributed by atoms with Gasteiger partial charge in [-0.05, 0) is 13.8 Å². The molecule has 1 aliphatic carbocycles. The van der Waals surface area contributed by atoms with Crippen LogP contribution in [-0.2, 0) is 19.0 Å². The van der Waals surface area contributed by atoms with Gasteiger partial charge < -0.3 is 14.2 Å². The largest absolute Gasteiger partial charge is 0.453 e. The molecule has 0 aromatic heterocycles. The van der Waals surface area contributed by atoms with Gasteiger partial charge in [0.05, 0.1) is 12.0 Å². The van der Waals surface area contributed by atoms with Gasteiger partial charge in [-0.1, -0.05) is 6.92 Å². The number of rotatable bonds is 1. The number of hydrogen-bond acceptors (Lipinski definition) is 4. The lowest BCUT2D eigenvalue weighted by Gasteiger charge is -2.28. The predicted octanol–water partition coefficient (Wildman–Crippen LogP) is 1.72. The van der Waals surface area contributed by atoms with Crippen molar-refractivity contribution in [3.05, 3.63) is 0 Å². The molecule has 0 aromatic rings. The molecule has 0 aromatic carbocycles. The molecule has 0 unspecified atom stereocenters. The number of fused-ring (bicyclic) bond motifs is 1. The number of carbonyl (C=O) groups is 1. The fourth-order valence-electron chi connectivity index (χ4n) is 2.46. The van der Waals surface area contributed by atoms with Crippen molar-refractivity contribution in [1.82, 2.24) is 0 Å². The minimum Gasteiger partial charge on any atom is -0.453 e. The van der Waals surface area contributed by atoms with Crippen LogP contribution >= 0.6 is 0 Å². The molecule has 1 saturated heterocycles. The van der Waals surface area contributed by atoms with Gasteiger partial charge in [-0.3, -0.25) is 4.79 Å². The Balaban J connectivity index is 2.27. The summed E-state index contributed by atoms with van der Waals surface area (Å²) in [5.74, 6) is -5.83. The van der Waals surface area contributed by atoms with Crippen molar-refractivity contribution in [1.29, 1.82) is 0 Å². The summed E-state index contributed by atoms with van der Waals surface area (Å²) in [5, 5.41) is 0. The minimum absolute atomic E-state index is 0.740. The van der Waals surface area contributed by atoms with E-state index in [0.29, 0.717) is 0 Å². The van der Waals surface area contributed by atoms with Gasteiger partial charge in [0.1, 0.15) is 6.10 Å². The molecule has 2 aliphatic rings. The highest BCUT2D eigenvalue weighted by Crippen LogP contribution is 2.50. The van der Waals surface area contributed by atoms with Crippen LogP contribution in [0.4, 0.5) is 8.78 Å². The molecular formula is C11H16F2O4. The molecular weight excluding hydrogens is 234 g/mol. The van der Waals surface area contributed by atoms with E-state index in [1.807, 2.05) is 0 Å². The van der Waals surface area contributed by atoms with E-state index in [0.717, 1.165) is 6.92 Å². The Morgan fingerprint density at radius 2 is 1.76 bits per heavy atom. The highest BCUT2D eigenvalue weighted by molar-refractivity contribution is 5.66. The van der Waals surface area contributed by atoms with Crippen LogP contribution in [0.3, 0.4) is 0 Å². The van der Waals surface area contributed by atoms with Crippen LogP contribution < -0.4 is 0 Å². The summed E-state index contributed by atoms with van der Waals surface area (Å²) in [5.41, 5.74) is 0. The Kier molecular flexibility index (Phi) is 2.70. The lowest BCUT2D eigenvalue weighted by atomic mass is 10.1. The zero-order chi connectivity index (χ0) is 13.0. The fourth-order valence-corrected chi connectivity index (χ4v) is 2.46. The molecule has 0 N–H and O–H groups in total. The molecule has 2 fully saturated rings. The smallest absolute Gasteiger partial charge is 0.303 e. The molecule has 0 radical (unpaired) electrons. The molecule has 4 atom stereocenters. The second-order valence-electron chi connectivity index (χ2n) is 5.06. The first-order valence-electron chi connectivity index (χ1n) is 5.56. The van der Waals surface area contributed by atoms with Gasteiger partial charge in [0.2, 0.25) is 0 Å². The molecule has 1 heterocycles. The van der Waals surface area contributed by atoms with Crippen LogP contribution in [0.2, 0.25) is 0 Å². The first-order valence-corrected chi connectivity index (χ1v) is 5.56. The summed E-state index contributed by atoms with van der Waals surface area (Å²) in [7, 11) is 0. The summed E-state index contributed by atoms with van der Waals surface area (Å²) in [4.78, 5) is 10.9. The first kappa shape index (κ1) is 12.7. The van der Waals surface area contributed by atoms with Crippen LogP contribution in [0.1, 0.15) is 27.7 Å². The van der Waals surface area contributed by atoms with E-state index in [4.69, 9.17) is 14.2 Å². The lowest BCUT2D eigenvalue weighted by Crippen LogP contribution is -2.43. The lowest BCUT2D eigenvalue weighted by molar-refractivity contribution is -0.222. The third-order valence-corrected chi connectivity index (χ3v) is 3.23. The number of hydrogen-bond donors (Lipinski definition) is 0. The summed E-state index contributed by atoms with van der Waals surface area (Å²) >= 11 is 0. The quantitative estimate of drug-likeness (QED) is 0.665. The molecule has 0 spiro atoms. The van der Waals surface area contributed by atoms with Crippen molar-refractivity contribution in [2.45, 2.75) is 57.7 Å². The highest BCUT2D eigenvalue weighted by Gasteiger charge is 2.68.